The molecule has 19 heavy (non-hydrogen) atoms. The highest BCUT2D eigenvalue weighted by Gasteiger charge is 2.15. The van der Waals surface area contributed by atoms with Crippen molar-refractivity contribution in [1.29, 1.82) is 0 Å². The molecule has 1 heterocycles. The number of ether oxygens (including phenoxy) is 2. The third-order valence-corrected chi connectivity index (χ3v) is 3.07. The molecule has 0 bridgehead atoms. The average Bonchev–Trinajstić information content (AvgIpc) is 2.96. The lowest BCUT2D eigenvalue weighted by Crippen LogP contribution is -2.30. The van der Waals surface area contributed by atoms with E-state index in [-0.39, 0.29) is 12.0 Å². The average molecular weight is 261 g/mol. The van der Waals surface area contributed by atoms with Crippen LogP contribution in [0.4, 0.5) is 0 Å². The molecule has 0 saturated carbocycles. The number of rotatable bonds is 5. The van der Waals surface area contributed by atoms with Crippen LogP contribution in [0.25, 0.3) is 6.08 Å². The third kappa shape index (κ3) is 4.41. The SMILES string of the molecule is COc1ccc(C=CC(=O)NCC2CCCO2)cc1. The van der Waals surface area contributed by atoms with E-state index in [1.165, 1.54) is 6.08 Å². The van der Waals surface area contributed by atoms with Crippen LogP contribution in [-0.2, 0) is 9.53 Å². The number of carbonyl (C=O) groups excluding carboxylic acids is 1. The number of hydrogen-bond donors (Lipinski definition) is 1. The van der Waals surface area contributed by atoms with Crippen LogP contribution in [0.15, 0.2) is 30.3 Å². The first-order chi connectivity index (χ1) is 9.28. The lowest BCUT2D eigenvalue weighted by Gasteiger charge is -2.08. The molecule has 0 spiro atoms. The molecule has 0 aromatic heterocycles. The lowest BCUT2D eigenvalue weighted by molar-refractivity contribution is -0.116. The quantitative estimate of drug-likeness (QED) is 0.825. The second-order valence-corrected chi connectivity index (χ2v) is 4.49. The van der Waals surface area contributed by atoms with Gasteiger partial charge in [-0.15, -0.1) is 0 Å². The van der Waals surface area contributed by atoms with E-state index >= 15 is 0 Å². The minimum absolute atomic E-state index is 0.0914. The molecule has 1 aromatic carbocycles. The molecule has 1 aliphatic rings. The van der Waals surface area contributed by atoms with Gasteiger partial charge in [0, 0.05) is 19.2 Å². The van der Waals surface area contributed by atoms with Crippen molar-refractivity contribution in [3.8, 4) is 5.75 Å². The van der Waals surface area contributed by atoms with E-state index in [1.54, 1.807) is 13.2 Å². The predicted molar refractivity (Wildman–Crippen MR) is 74.0 cm³/mol. The Kier molecular flexibility index (Phi) is 4.98. The van der Waals surface area contributed by atoms with Crippen molar-refractivity contribution in [3.05, 3.63) is 35.9 Å². The minimum Gasteiger partial charge on any atom is -0.497 e. The van der Waals surface area contributed by atoms with Crippen LogP contribution in [-0.4, -0.2) is 32.3 Å². The molecule has 1 aliphatic heterocycles. The molecular formula is C15H19NO3. The maximum absolute atomic E-state index is 11.6. The predicted octanol–water partition coefficient (Wildman–Crippen LogP) is 2.00. The number of methoxy groups -OCH3 is 1. The fraction of sp³-hybridized carbons (Fsp3) is 0.400. The summed E-state index contributed by atoms with van der Waals surface area (Å²) in [6.45, 7) is 1.40. The molecule has 1 amide bonds. The van der Waals surface area contributed by atoms with Crippen molar-refractivity contribution in [1.82, 2.24) is 5.32 Å². The van der Waals surface area contributed by atoms with Gasteiger partial charge in [0.05, 0.1) is 13.2 Å². The van der Waals surface area contributed by atoms with Crippen LogP contribution in [0.1, 0.15) is 18.4 Å². The Labute approximate surface area is 113 Å². The fourth-order valence-corrected chi connectivity index (χ4v) is 1.97. The third-order valence-electron chi connectivity index (χ3n) is 3.07. The Hall–Kier alpha value is -1.81. The van der Waals surface area contributed by atoms with E-state index in [1.807, 2.05) is 24.3 Å². The van der Waals surface area contributed by atoms with Gasteiger partial charge >= 0.3 is 0 Å². The molecule has 1 aromatic rings. The van der Waals surface area contributed by atoms with Gasteiger partial charge in [0.1, 0.15) is 5.75 Å². The normalized spacial score (nSPS) is 18.7. The Morgan fingerprint density at radius 2 is 2.26 bits per heavy atom. The standard InChI is InChI=1S/C15H19NO3/c1-18-13-7-4-12(5-8-13)6-9-15(17)16-11-14-3-2-10-19-14/h4-9,14H,2-3,10-11H2,1H3,(H,16,17). The van der Waals surface area contributed by atoms with Gasteiger partial charge in [-0.1, -0.05) is 12.1 Å². The Balaban J connectivity index is 1.78. The summed E-state index contributed by atoms with van der Waals surface area (Å²) in [5, 5.41) is 2.84. The molecule has 0 aliphatic carbocycles. The van der Waals surface area contributed by atoms with Gasteiger partial charge in [-0.2, -0.15) is 0 Å². The highest BCUT2D eigenvalue weighted by atomic mass is 16.5. The number of amides is 1. The van der Waals surface area contributed by atoms with Crippen molar-refractivity contribution in [3.63, 3.8) is 0 Å². The van der Waals surface area contributed by atoms with Gasteiger partial charge < -0.3 is 14.8 Å². The Bertz CT molecular complexity index is 433. The fourth-order valence-electron chi connectivity index (χ4n) is 1.97. The lowest BCUT2D eigenvalue weighted by atomic mass is 10.2. The molecule has 0 radical (unpaired) electrons. The molecule has 1 unspecified atom stereocenters. The van der Waals surface area contributed by atoms with Crippen molar-refractivity contribution in [2.24, 2.45) is 0 Å². The summed E-state index contributed by atoms with van der Waals surface area (Å²) < 4.78 is 10.5. The van der Waals surface area contributed by atoms with Gasteiger partial charge in [0.25, 0.3) is 0 Å². The van der Waals surface area contributed by atoms with Crippen molar-refractivity contribution < 1.29 is 14.3 Å². The first kappa shape index (κ1) is 13.6. The van der Waals surface area contributed by atoms with E-state index in [4.69, 9.17) is 9.47 Å². The van der Waals surface area contributed by atoms with Gasteiger partial charge in [-0.25, -0.2) is 0 Å². The van der Waals surface area contributed by atoms with Crippen molar-refractivity contribution in [2.45, 2.75) is 18.9 Å². The first-order valence-electron chi connectivity index (χ1n) is 6.49. The zero-order valence-corrected chi connectivity index (χ0v) is 11.1. The summed E-state index contributed by atoms with van der Waals surface area (Å²) in [4.78, 5) is 11.6. The summed E-state index contributed by atoms with van der Waals surface area (Å²) in [5.41, 5.74) is 0.966. The maximum Gasteiger partial charge on any atom is 0.244 e. The Morgan fingerprint density at radius 3 is 2.89 bits per heavy atom. The van der Waals surface area contributed by atoms with Gasteiger partial charge in [-0.05, 0) is 36.6 Å². The van der Waals surface area contributed by atoms with Crippen molar-refractivity contribution >= 4 is 12.0 Å². The molecule has 2 rings (SSSR count). The van der Waals surface area contributed by atoms with Crippen LogP contribution < -0.4 is 10.1 Å². The summed E-state index contributed by atoms with van der Waals surface area (Å²) in [6.07, 6.45) is 5.62. The summed E-state index contributed by atoms with van der Waals surface area (Å²) in [7, 11) is 1.63. The molecule has 1 atom stereocenters. The van der Waals surface area contributed by atoms with E-state index < -0.39 is 0 Å². The monoisotopic (exact) mass is 261 g/mol. The number of hydrogen-bond acceptors (Lipinski definition) is 3. The smallest absolute Gasteiger partial charge is 0.244 e. The zero-order chi connectivity index (χ0) is 13.5. The number of benzene rings is 1. The van der Waals surface area contributed by atoms with Crippen LogP contribution in [0, 0.1) is 0 Å². The second kappa shape index (κ2) is 6.95. The zero-order valence-electron chi connectivity index (χ0n) is 11.1. The minimum atomic E-state index is -0.0914. The summed E-state index contributed by atoms with van der Waals surface area (Å²) in [6, 6.07) is 7.54. The van der Waals surface area contributed by atoms with Gasteiger partial charge in [0.15, 0.2) is 0 Å². The van der Waals surface area contributed by atoms with Gasteiger partial charge in [-0.3, -0.25) is 4.79 Å². The number of nitrogens with one attached hydrogen (secondary N) is 1. The maximum atomic E-state index is 11.6. The van der Waals surface area contributed by atoms with E-state index in [0.29, 0.717) is 6.54 Å². The number of carbonyl (C=O) groups is 1. The van der Waals surface area contributed by atoms with Crippen LogP contribution >= 0.6 is 0 Å². The molecule has 4 nitrogen and oxygen atoms in total. The van der Waals surface area contributed by atoms with E-state index in [2.05, 4.69) is 5.32 Å². The van der Waals surface area contributed by atoms with Crippen molar-refractivity contribution in [2.75, 3.05) is 20.3 Å². The summed E-state index contributed by atoms with van der Waals surface area (Å²) >= 11 is 0. The molecule has 102 valence electrons. The Morgan fingerprint density at radius 1 is 1.47 bits per heavy atom. The summed E-state index contributed by atoms with van der Waals surface area (Å²) in [5.74, 6) is 0.714. The molecule has 4 heteroatoms. The largest absolute Gasteiger partial charge is 0.497 e. The topological polar surface area (TPSA) is 47.6 Å². The van der Waals surface area contributed by atoms with Gasteiger partial charge in [0.2, 0.25) is 5.91 Å². The highest BCUT2D eigenvalue weighted by molar-refractivity contribution is 5.91. The molecule has 1 fully saturated rings. The molecular weight excluding hydrogens is 242 g/mol. The van der Waals surface area contributed by atoms with Crippen LogP contribution in [0.3, 0.4) is 0 Å². The van der Waals surface area contributed by atoms with E-state index in [9.17, 15) is 4.79 Å². The second-order valence-electron chi connectivity index (χ2n) is 4.49. The molecule has 1 N–H and O–H groups in total. The van der Waals surface area contributed by atoms with Crippen LogP contribution in [0.2, 0.25) is 0 Å². The first-order valence-corrected chi connectivity index (χ1v) is 6.49. The van der Waals surface area contributed by atoms with E-state index in [0.717, 1.165) is 30.8 Å². The highest BCUT2D eigenvalue weighted by Crippen LogP contribution is 2.12. The molecule has 1 saturated heterocycles. The van der Waals surface area contributed by atoms with Crippen LogP contribution in [0.5, 0.6) is 5.75 Å².